The minimum atomic E-state index is 1.08. The fraction of sp³-hybridized carbons (Fsp3) is 0.500. The summed E-state index contributed by atoms with van der Waals surface area (Å²) in [6, 6.07) is 0. The van der Waals surface area contributed by atoms with E-state index in [2.05, 4.69) is 50.3 Å². The van der Waals surface area contributed by atoms with Gasteiger partial charge < -0.3 is 0 Å². The van der Waals surface area contributed by atoms with Crippen molar-refractivity contribution in [3.05, 3.63) is 36.5 Å². The zero-order valence-corrected chi connectivity index (χ0v) is 8.29. The van der Waals surface area contributed by atoms with Crippen LogP contribution >= 0.6 is 0 Å². The van der Waals surface area contributed by atoms with Crippen LogP contribution in [0, 0.1) is 0 Å². The van der Waals surface area contributed by atoms with Crippen LogP contribution < -0.4 is 0 Å². The van der Waals surface area contributed by atoms with Gasteiger partial charge in [0.1, 0.15) is 0 Å². The first-order valence-electron chi connectivity index (χ1n) is 4.86. The molecule has 12 heavy (non-hydrogen) atoms. The Morgan fingerprint density at radius 3 is 1.25 bits per heavy atom. The first kappa shape index (κ1) is 11.2. The van der Waals surface area contributed by atoms with Crippen LogP contribution in [-0.2, 0) is 0 Å². The van der Waals surface area contributed by atoms with Gasteiger partial charge >= 0.3 is 0 Å². The summed E-state index contributed by atoms with van der Waals surface area (Å²) in [5.41, 5.74) is 0. The Hall–Kier alpha value is -0.780. The third-order valence-corrected chi connectivity index (χ3v) is 1.52. The van der Waals surface area contributed by atoms with Crippen molar-refractivity contribution in [3.63, 3.8) is 0 Å². The van der Waals surface area contributed by atoms with Gasteiger partial charge in [-0.1, -0.05) is 50.3 Å². The van der Waals surface area contributed by atoms with E-state index in [9.17, 15) is 0 Å². The minimum Gasteiger partial charge on any atom is -0.0885 e. The van der Waals surface area contributed by atoms with Crippen LogP contribution in [0.1, 0.15) is 39.5 Å². The number of rotatable bonds is 6. The molecule has 0 radical (unpaired) electrons. The molecule has 0 heteroatoms. The molecule has 0 rings (SSSR count). The summed E-state index contributed by atoms with van der Waals surface area (Å²) in [5.74, 6) is 0. The Morgan fingerprint density at radius 1 is 0.583 bits per heavy atom. The lowest BCUT2D eigenvalue weighted by molar-refractivity contribution is 1.18. The van der Waals surface area contributed by atoms with Crippen molar-refractivity contribution in [2.75, 3.05) is 0 Å². The molecule has 0 saturated carbocycles. The highest BCUT2D eigenvalue weighted by molar-refractivity contribution is 4.96. The maximum atomic E-state index is 2.21. The van der Waals surface area contributed by atoms with Gasteiger partial charge in [0.05, 0.1) is 0 Å². The van der Waals surface area contributed by atoms with Crippen molar-refractivity contribution >= 4 is 0 Å². The Morgan fingerprint density at radius 2 is 0.917 bits per heavy atom. The van der Waals surface area contributed by atoms with Crippen molar-refractivity contribution in [1.29, 1.82) is 0 Å². The van der Waals surface area contributed by atoms with Gasteiger partial charge in [-0.2, -0.15) is 0 Å². The van der Waals surface area contributed by atoms with Crippen LogP contribution in [0.3, 0.4) is 0 Å². The summed E-state index contributed by atoms with van der Waals surface area (Å²) in [6.07, 6.45) is 17.7. The van der Waals surface area contributed by atoms with Crippen LogP contribution in [0.4, 0.5) is 0 Å². The molecule has 0 aromatic carbocycles. The predicted octanol–water partition coefficient (Wildman–Crippen LogP) is 4.26. The molecule has 0 saturated heterocycles. The normalized spacial score (nSPS) is 12.5. The number of hydrogen-bond donors (Lipinski definition) is 0. The average Bonchev–Trinajstić information content (AvgIpc) is 2.10. The van der Waals surface area contributed by atoms with E-state index in [4.69, 9.17) is 0 Å². The lowest BCUT2D eigenvalue weighted by Crippen LogP contribution is -1.61. The summed E-state index contributed by atoms with van der Waals surface area (Å²) in [7, 11) is 0. The second-order valence-electron chi connectivity index (χ2n) is 2.70. The highest BCUT2D eigenvalue weighted by Gasteiger charge is 1.71. The lowest BCUT2D eigenvalue weighted by atomic mass is 10.2. The topological polar surface area (TPSA) is 0 Å². The zero-order chi connectivity index (χ0) is 9.07. The zero-order valence-electron chi connectivity index (χ0n) is 8.29. The van der Waals surface area contributed by atoms with E-state index in [1.165, 1.54) is 0 Å². The summed E-state index contributed by atoms with van der Waals surface area (Å²) in [4.78, 5) is 0. The van der Waals surface area contributed by atoms with E-state index in [1.807, 2.05) is 0 Å². The summed E-state index contributed by atoms with van der Waals surface area (Å²) >= 11 is 0. The van der Waals surface area contributed by atoms with Gasteiger partial charge in [0.25, 0.3) is 0 Å². The molecular weight excluding hydrogens is 144 g/mol. The number of hydrogen-bond acceptors (Lipinski definition) is 0. The van der Waals surface area contributed by atoms with Gasteiger partial charge in [0, 0.05) is 0 Å². The van der Waals surface area contributed by atoms with Crippen LogP contribution in [0.25, 0.3) is 0 Å². The van der Waals surface area contributed by atoms with Gasteiger partial charge in [-0.15, -0.1) is 0 Å². The van der Waals surface area contributed by atoms with E-state index >= 15 is 0 Å². The molecule has 0 N–H and O–H groups in total. The Balaban J connectivity index is 3.25. The maximum absolute atomic E-state index is 2.21. The Labute approximate surface area is 76.7 Å². The molecule has 0 nitrogen and oxygen atoms in total. The van der Waals surface area contributed by atoms with E-state index in [1.54, 1.807) is 0 Å². The standard InChI is InChI=1S/C12H20/c1-3-5-7-9-11-12-10-8-6-4-2/h5-8,11-12H,3-4,9-10H2,1-2H3/b7-5+,8-6+,12-11+. The third-order valence-electron chi connectivity index (χ3n) is 1.52. The van der Waals surface area contributed by atoms with Crippen molar-refractivity contribution in [3.8, 4) is 0 Å². The maximum Gasteiger partial charge on any atom is -0.0169 e. The summed E-state index contributed by atoms with van der Waals surface area (Å²) in [6.45, 7) is 4.31. The van der Waals surface area contributed by atoms with Gasteiger partial charge in [0.2, 0.25) is 0 Å². The van der Waals surface area contributed by atoms with Crippen molar-refractivity contribution < 1.29 is 0 Å². The Bertz CT molecular complexity index is 131. The van der Waals surface area contributed by atoms with Gasteiger partial charge in [-0.3, -0.25) is 0 Å². The minimum absolute atomic E-state index is 1.08. The first-order valence-corrected chi connectivity index (χ1v) is 4.86. The van der Waals surface area contributed by atoms with Crippen molar-refractivity contribution in [2.45, 2.75) is 39.5 Å². The summed E-state index contributed by atoms with van der Waals surface area (Å²) < 4.78 is 0. The fourth-order valence-electron chi connectivity index (χ4n) is 0.875. The van der Waals surface area contributed by atoms with Gasteiger partial charge in [-0.25, -0.2) is 0 Å². The average molecular weight is 164 g/mol. The van der Waals surface area contributed by atoms with Crippen LogP contribution in [0.15, 0.2) is 36.5 Å². The number of allylic oxidation sites excluding steroid dienone is 6. The molecule has 0 spiro atoms. The SMILES string of the molecule is CC/C=C/C/C=C/C/C=C/CC. The molecule has 0 heterocycles. The molecule has 0 fully saturated rings. The largest absolute Gasteiger partial charge is 0.0885 e. The first-order chi connectivity index (χ1) is 5.91. The van der Waals surface area contributed by atoms with Crippen LogP contribution in [0.2, 0.25) is 0 Å². The second kappa shape index (κ2) is 10.2. The van der Waals surface area contributed by atoms with Crippen molar-refractivity contribution in [2.24, 2.45) is 0 Å². The monoisotopic (exact) mass is 164 g/mol. The quantitative estimate of drug-likeness (QED) is 0.515. The molecule has 0 aliphatic carbocycles. The third kappa shape index (κ3) is 9.22. The Kier molecular flexibility index (Phi) is 9.56. The van der Waals surface area contributed by atoms with Crippen LogP contribution in [-0.4, -0.2) is 0 Å². The van der Waals surface area contributed by atoms with Gasteiger partial charge in [0.15, 0.2) is 0 Å². The smallest absolute Gasteiger partial charge is 0.0169 e. The lowest BCUT2D eigenvalue weighted by Gasteiger charge is -1.82. The van der Waals surface area contributed by atoms with E-state index in [-0.39, 0.29) is 0 Å². The van der Waals surface area contributed by atoms with E-state index in [0.29, 0.717) is 0 Å². The highest BCUT2D eigenvalue weighted by atomic mass is 13.8. The molecule has 0 amide bonds. The molecular formula is C12H20. The predicted molar refractivity (Wildman–Crippen MR) is 57.2 cm³/mol. The summed E-state index contributed by atoms with van der Waals surface area (Å²) in [5, 5.41) is 0. The van der Waals surface area contributed by atoms with Crippen molar-refractivity contribution in [1.82, 2.24) is 0 Å². The molecule has 0 aliphatic rings. The van der Waals surface area contributed by atoms with Crippen LogP contribution in [0.5, 0.6) is 0 Å². The molecule has 0 aromatic heterocycles. The molecule has 0 aromatic rings. The molecule has 0 aliphatic heterocycles. The van der Waals surface area contributed by atoms with E-state index < -0.39 is 0 Å². The van der Waals surface area contributed by atoms with Gasteiger partial charge in [-0.05, 0) is 25.7 Å². The second-order valence-corrected chi connectivity index (χ2v) is 2.70. The van der Waals surface area contributed by atoms with E-state index in [0.717, 1.165) is 25.7 Å². The molecule has 0 atom stereocenters. The highest BCUT2D eigenvalue weighted by Crippen LogP contribution is 1.92. The fourth-order valence-corrected chi connectivity index (χ4v) is 0.875. The molecule has 0 bridgehead atoms. The molecule has 68 valence electrons. The molecule has 0 unspecified atom stereocenters.